The normalized spacial score (nSPS) is 14.4. The third-order valence-electron chi connectivity index (χ3n) is 3.92. The van der Waals surface area contributed by atoms with Crippen molar-refractivity contribution in [1.29, 1.82) is 0 Å². The van der Waals surface area contributed by atoms with E-state index in [0.29, 0.717) is 43.4 Å². The van der Waals surface area contributed by atoms with Crippen LogP contribution in [0.25, 0.3) is 0 Å². The quantitative estimate of drug-likeness (QED) is 0.601. The summed E-state index contributed by atoms with van der Waals surface area (Å²) in [6, 6.07) is 5.72. The summed E-state index contributed by atoms with van der Waals surface area (Å²) in [7, 11) is 0. The molecule has 1 aliphatic heterocycles. The van der Waals surface area contributed by atoms with Crippen molar-refractivity contribution in [1.82, 2.24) is 10.1 Å². The minimum absolute atomic E-state index is 0.0170. The number of nitro groups is 1. The smallest absolute Gasteiger partial charge is 0.276 e. The molecule has 3 rings (SSSR count). The zero-order chi connectivity index (χ0) is 17.8. The van der Waals surface area contributed by atoms with Gasteiger partial charge in [-0.25, -0.2) is 0 Å². The number of rotatable bonds is 5. The highest BCUT2D eigenvalue weighted by atomic mass is 16.6. The molecule has 2 heterocycles. The first-order chi connectivity index (χ1) is 12.1. The van der Waals surface area contributed by atoms with Crippen molar-refractivity contribution >= 4 is 11.6 Å². The lowest BCUT2D eigenvalue weighted by molar-refractivity contribution is -0.384. The van der Waals surface area contributed by atoms with E-state index < -0.39 is 4.92 Å². The van der Waals surface area contributed by atoms with Crippen LogP contribution in [0.1, 0.15) is 21.8 Å². The molecule has 0 N–H and O–H groups in total. The van der Waals surface area contributed by atoms with Crippen LogP contribution >= 0.6 is 0 Å². The second-order valence-corrected chi connectivity index (χ2v) is 5.51. The summed E-state index contributed by atoms with van der Waals surface area (Å²) in [5, 5.41) is 14.5. The second kappa shape index (κ2) is 7.31. The van der Waals surface area contributed by atoms with Gasteiger partial charge in [0.15, 0.2) is 5.69 Å². The summed E-state index contributed by atoms with van der Waals surface area (Å²) in [5.74, 6) is 0.733. The van der Waals surface area contributed by atoms with Crippen LogP contribution in [-0.2, 0) is 11.3 Å². The van der Waals surface area contributed by atoms with Crippen LogP contribution in [0.2, 0.25) is 0 Å². The summed E-state index contributed by atoms with van der Waals surface area (Å²) in [6.45, 7) is 3.80. The molecule has 1 amide bonds. The molecule has 0 radical (unpaired) electrons. The number of nitrogens with zero attached hydrogens (tertiary/aromatic N) is 3. The van der Waals surface area contributed by atoms with E-state index in [-0.39, 0.29) is 23.9 Å². The zero-order valence-corrected chi connectivity index (χ0v) is 13.6. The first-order valence-corrected chi connectivity index (χ1v) is 7.75. The number of nitro benzene ring substituents is 1. The Balaban J connectivity index is 1.71. The van der Waals surface area contributed by atoms with Crippen molar-refractivity contribution in [2.75, 3.05) is 26.3 Å². The van der Waals surface area contributed by atoms with Crippen molar-refractivity contribution in [3.63, 3.8) is 0 Å². The molecule has 0 unspecified atom stereocenters. The number of benzene rings is 1. The molecule has 25 heavy (non-hydrogen) atoms. The van der Waals surface area contributed by atoms with Gasteiger partial charge in [-0.2, -0.15) is 0 Å². The maximum atomic E-state index is 12.6. The first-order valence-electron chi connectivity index (χ1n) is 7.75. The fraction of sp³-hybridized carbons (Fsp3) is 0.375. The molecule has 9 heteroatoms. The summed E-state index contributed by atoms with van der Waals surface area (Å²) in [5.41, 5.74) is 0.771. The van der Waals surface area contributed by atoms with Gasteiger partial charge >= 0.3 is 0 Å². The Hall–Kier alpha value is -2.94. The largest absolute Gasteiger partial charge is 0.489 e. The number of non-ortho nitro benzene ring substituents is 1. The number of ether oxygens (including phenoxy) is 2. The Morgan fingerprint density at radius 3 is 2.64 bits per heavy atom. The number of amides is 1. The van der Waals surface area contributed by atoms with Gasteiger partial charge in [-0.15, -0.1) is 0 Å². The molecule has 1 aromatic heterocycles. The van der Waals surface area contributed by atoms with Crippen molar-refractivity contribution < 1.29 is 23.7 Å². The SMILES string of the molecule is Cc1onc(C(=O)N2CCOCC2)c1COc1ccc([N+](=O)[O-])cc1. The molecular formula is C16H17N3O6. The van der Waals surface area contributed by atoms with Gasteiger partial charge < -0.3 is 18.9 Å². The lowest BCUT2D eigenvalue weighted by atomic mass is 10.2. The number of aromatic nitrogens is 1. The minimum Gasteiger partial charge on any atom is -0.489 e. The molecule has 1 aliphatic rings. The van der Waals surface area contributed by atoms with Gasteiger partial charge in [-0.05, 0) is 19.1 Å². The molecular weight excluding hydrogens is 330 g/mol. The van der Waals surface area contributed by atoms with E-state index in [0.717, 1.165) is 0 Å². The van der Waals surface area contributed by atoms with E-state index in [1.165, 1.54) is 24.3 Å². The molecule has 1 saturated heterocycles. The molecule has 1 fully saturated rings. The highest BCUT2D eigenvalue weighted by molar-refractivity contribution is 5.93. The van der Waals surface area contributed by atoms with Crippen LogP contribution in [0.4, 0.5) is 5.69 Å². The molecule has 9 nitrogen and oxygen atoms in total. The van der Waals surface area contributed by atoms with E-state index in [4.69, 9.17) is 14.0 Å². The number of carbonyl (C=O) groups excluding carboxylic acids is 1. The van der Waals surface area contributed by atoms with E-state index in [2.05, 4.69) is 5.16 Å². The number of carbonyl (C=O) groups is 1. The Morgan fingerprint density at radius 1 is 1.32 bits per heavy atom. The van der Waals surface area contributed by atoms with Crippen LogP contribution < -0.4 is 4.74 Å². The molecule has 0 spiro atoms. The van der Waals surface area contributed by atoms with Crippen molar-refractivity contribution in [2.45, 2.75) is 13.5 Å². The first kappa shape index (κ1) is 16.9. The summed E-state index contributed by atoms with van der Waals surface area (Å²) in [4.78, 5) is 24.4. The fourth-order valence-corrected chi connectivity index (χ4v) is 2.46. The monoisotopic (exact) mass is 347 g/mol. The van der Waals surface area contributed by atoms with Crippen LogP contribution in [0, 0.1) is 17.0 Å². The number of aryl methyl sites for hydroxylation is 1. The summed E-state index contributed by atoms with van der Waals surface area (Å²) < 4.78 is 16.0. The lowest BCUT2D eigenvalue weighted by Gasteiger charge is -2.26. The van der Waals surface area contributed by atoms with Crippen LogP contribution in [0.5, 0.6) is 5.75 Å². The number of morpholine rings is 1. The second-order valence-electron chi connectivity index (χ2n) is 5.51. The van der Waals surface area contributed by atoms with Crippen LogP contribution in [0.3, 0.4) is 0 Å². The van der Waals surface area contributed by atoms with Gasteiger partial charge in [0.25, 0.3) is 11.6 Å². The van der Waals surface area contributed by atoms with Crippen molar-refractivity contribution in [3.8, 4) is 5.75 Å². The highest BCUT2D eigenvalue weighted by Crippen LogP contribution is 2.21. The molecule has 1 aromatic carbocycles. The summed E-state index contributed by atoms with van der Waals surface area (Å²) in [6.07, 6.45) is 0. The van der Waals surface area contributed by atoms with Gasteiger partial charge in [-0.1, -0.05) is 5.16 Å². The molecule has 2 aromatic rings. The van der Waals surface area contributed by atoms with Gasteiger partial charge in [0.05, 0.1) is 23.7 Å². The average Bonchev–Trinajstić information content (AvgIpc) is 3.01. The number of hydrogen-bond acceptors (Lipinski definition) is 7. The van der Waals surface area contributed by atoms with Crippen molar-refractivity contribution in [2.24, 2.45) is 0 Å². The fourth-order valence-electron chi connectivity index (χ4n) is 2.46. The topological polar surface area (TPSA) is 108 Å². The maximum Gasteiger partial charge on any atom is 0.276 e. The minimum atomic E-state index is -0.479. The molecule has 0 saturated carbocycles. The Morgan fingerprint density at radius 2 is 2.00 bits per heavy atom. The Kier molecular flexibility index (Phi) is 4.94. The maximum absolute atomic E-state index is 12.6. The van der Waals surface area contributed by atoms with E-state index in [1.54, 1.807) is 11.8 Å². The van der Waals surface area contributed by atoms with E-state index in [1.807, 2.05) is 0 Å². The molecule has 0 aliphatic carbocycles. The van der Waals surface area contributed by atoms with Crippen molar-refractivity contribution in [3.05, 3.63) is 51.4 Å². The summed E-state index contributed by atoms with van der Waals surface area (Å²) >= 11 is 0. The molecule has 0 atom stereocenters. The Labute approximate surface area is 143 Å². The zero-order valence-electron chi connectivity index (χ0n) is 13.6. The van der Waals surface area contributed by atoms with E-state index >= 15 is 0 Å². The molecule has 132 valence electrons. The average molecular weight is 347 g/mol. The number of hydrogen-bond donors (Lipinski definition) is 0. The predicted octanol–water partition coefficient (Wildman–Crippen LogP) is 1.94. The van der Waals surface area contributed by atoms with Gasteiger partial charge in [0.2, 0.25) is 0 Å². The van der Waals surface area contributed by atoms with E-state index in [9.17, 15) is 14.9 Å². The van der Waals surface area contributed by atoms with Gasteiger partial charge in [0.1, 0.15) is 18.1 Å². The third kappa shape index (κ3) is 3.77. The van der Waals surface area contributed by atoms with Gasteiger partial charge in [-0.3, -0.25) is 14.9 Å². The van der Waals surface area contributed by atoms with Crippen LogP contribution in [-0.4, -0.2) is 47.2 Å². The standard InChI is InChI=1S/C16H17N3O6/c1-11-14(10-24-13-4-2-12(3-5-13)19(21)22)15(17-25-11)16(20)18-6-8-23-9-7-18/h2-5H,6-10H2,1H3. The molecule has 0 bridgehead atoms. The third-order valence-corrected chi connectivity index (χ3v) is 3.92. The lowest BCUT2D eigenvalue weighted by Crippen LogP contribution is -2.41. The Bertz CT molecular complexity index is 765. The highest BCUT2D eigenvalue weighted by Gasteiger charge is 2.26. The van der Waals surface area contributed by atoms with Crippen LogP contribution in [0.15, 0.2) is 28.8 Å². The predicted molar refractivity (Wildman–Crippen MR) is 85.4 cm³/mol. The van der Waals surface area contributed by atoms with Gasteiger partial charge in [0, 0.05) is 25.2 Å².